The number of rotatable bonds is 4. The van der Waals surface area contributed by atoms with Crippen LogP contribution in [-0.2, 0) is 18.3 Å². The van der Waals surface area contributed by atoms with Crippen LogP contribution in [0.25, 0.3) is 0 Å². The molecule has 1 atom stereocenters. The first-order valence-corrected chi connectivity index (χ1v) is 6.81. The van der Waals surface area contributed by atoms with Crippen LogP contribution < -0.4 is 0 Å². The number of carbonyl (C=O) groups is 1. The maximum Gasteiger partial charge on any atom is 0.311 e. The van der Waals surface area contributed by atoms with Gasteiger partial charge >= 0.3 is 5.97 Å². The highest BCUT2D eigenvalue weighted by molar-refractivity contribution is 9.10. The van der Waals surface area contributed by atoms with E-state index in [9.17, 15) is 9.90 Å². The highest BCUT2D eigenvalue weighted by Gasteiger charge is 2.24. The lowest BCUT2D eigenvalue weighted by Gasteiger charge is -2.15. The Balaban J connectivity index is 2.38. The molecule has 0 radical (unpaired) electrons. The minimum Gasteiger partial charge on any atom is -0.481 e. The predicted molar refractivity (Wildman–Crippen MR) is 76.4 cm³/mol. The predicted octanol–water partition coefficient (Wildman–Crippen LogP) is 3.25. The molecule has 100 valence electrons. The number of carboxylic acid groups (broad SMARTS) is 1. The summed E-state index contributed by atoms with van der Waals surface area (Å²) in [4.78, 5) is 11.5. The molecule has 0 amide bonds. The van der Waals surface area contributed by atoms with Crippen LogP contribution in [0.1, 0.15) is 17.2 Å². The van der Waals surface area contributed by atoms with Gasteiger partial charge in [0.1, 0.15) is 0 Å². The van der Waals surface area contributed by atoms with Crippen molar-refractivity contribution in [2.45, 2.75) is 12.3 Å². The van der Waals surface area contributed by atoms with Crippen molar-refractivity contribution in [2.24, 2.45) is 7.05 Å². The summed E-state index contributed by atoms with van der Waals surface area (Å²) in [6, 6.07) is 7.30. The van der Waals surface area contributed by atoms with Gasteiger partial charge in [-0.05, 0) is 11.6 Å². The van der Waals surface area contributed by atoms with E-state index in [0.717, 1.165) is 10.0 Å². The molecule has 6 heteroatoms. The normalized spacial score (nSPS) is 12.4. The van der Waals surface area contributed by atoms with Crippen LogP contribution >= 0.6 is 27.5 Å². The van der Waals surface area contributed by atoms with E-state index >= 15 is 0 Å². The van der Waals surface area contributed by atoms with Crippen LogP contribution in [0.15, 0.2) is 34.9 Å². The summed E-state index contributed by atoms with van der Waals surface area (Å²) in [5, 5.41) is 13.9. The Bertz CT molecular complexity index is 593. The first-order chi connectivity index (χ1) is 9.00. The van der Waals surface area contributed by atoms with Gasteiger partial charge in [0.05, 0.1) is 22.8 Å². The number of halogens is 2. The Morgan fingerprint density at radius 3 is 2.74 bits per heavy atom. The number of aliphatic carboxylic acids is 1. The fourth-order valence-electron chi connectivity index (χ4n) is 1.95. The molecule has 4 nitrogen and oxygen atoms in total. The van der Waals surface area contributed by atoms with E-state index in [2.05, 4.69) is 21.0 Å². The number of nitrogens with zero attached hydrogens (tertiary/aromatic N) is 2. The molecular weight excluding hydrogens is 332 g/mol. The van der Waals surface area contributed by atoms with Gasteiger partial charge in [-0.1, -0.05) is 45.7 Å². The summed E-state index contributed by atoms with van der Waals surface area (Å²) in [6.07, 6.45) is 1.82. The van der Waals surface area contributed by atoms with Crippen LogP contribution in [0.4, 0.5) is 0 Å². The summed E-state index contributed by atoms with van der Waals surface area (Å²) in [5.41, 5.74) is 1.44. The Hall–Kier alpha value is -1.33. The van der Waals surface area contributed by atoms with Crippen molar-refractivity contribution in [3.63, 3.8) is 0 Å². The van der Waals surface area contributed by atoms with Crippen molar-refractivity contribution in [3.8, 4) is 0 Å². The molecule has 0 aliphatic carbocycles. The van der Waals surface area contributed by atoms with Gasteiger partial charge in [-0.3, -0.25) is 9.48 Å². The highest BCUT2D eigenvalue weighted by Crippen LogP contribution is 2.29. The molecular formula is C13H12BrClN2O2. The molecule has 2 aromatic rings. The highest BCUT2D eigenvalue weighted by atomic mass is 79.9. The second-order valence-electron chi connectivity index (χ2n) is 4.18. The number of hydrogen-bond acceptors (Lipinski definition) is 2. The molecule has 1 heterocycles. The van der Waals surface area contributed by atoms with Crippen LogP contribution in [0, 0.1) is 0 Å². The number of carboxylic acids is 1. The zero-order valence-corrected chi connectivity index (χ0v) is 12.5. The van der Waals surface area contributed by atoms with Gasteiger partial charge in [-0.2, -0.15) is 5.10 Å². The molecule has 1 aromatic carbocycles. The summed E-state index contributed by atoms with van der Waals surface area (Å²) in [7, 11) is 1.75. The zero-order valence-electron chi connectivity index (χ0n) is 10.2. The Morgan fingerprint density at radius 1 is 1.53 bits per heavy atom. The molecule has 0 aliphatic heterocycles. The third kappa shape index (κ3) is 2.98. The number of aryl methyl sites for hydroxylation is 1. The van der Waals surface area contributed by atoms with Crippen molar-refractivity contribution in [1.82, 2.24) is 9.78 Å². The molecule has 0 saturated carbocycles. The van der Waals surface area contributed by atoms with Crippen LogP contribution in [0.3, 0.4) is 0 Å². The molecule has 1 aromatic heterocycles. The maximum absolute atomic E-state index is 11.5. The van der Waals surface area contributed by atoms with Crippen LogP contribution in [0.5, 0.6) is 0 Å². The van der Waals surface area contributed by atoms with Crippen molar-refractivity contribution in [2.75, 3.05) is 0 Å². The van der Waals surface area contributed by atoms with Gasteiger partial charge in [-0.15, -0.1) is 0 Å². The van der Waals surface area contributed by atoms with Crippen LogP contribution in [-0.4, -0.2) is 20.9 Å². The largest absolute Gasteiger partial charge is 0.481 e. The molecule has 19 heavy (non-hydrogen) atoms. The molecule has 0 spiro atoms. The van der Waals surface area contributed by atoms with E-state index in [-0.39, 0.29) is 0 Å². The molecule has 0 aliphatic rings. The smallest absolute Gasteiger partial charge is 0.311 e. The summed E-state index contributed by atoms with van der Waals surface area (Å²) in [5.74, 6) is -1.55. The molecule has 1 unspecified atom stereocenters. The summed E-state index contributed by atoms with van der Waals surface area (Å²) >= 11 is 9.42. The van der Waals surface area contributed by atoms with Gasteiger partial charge in [0.15, 0.2) is 0 Å². The van der Waals surface area contributed by atoms with E-state index < -0.39 is 11.9 Å². The second-order valence-corrected chi connectivity index (χ2v) is 5.44. The van der Waals surface area contributed by atoms with Crippen LogP contribution in [0.2, 0.25) is 5.02 Å². The van der Waals surface area contributed by atoms with E-state index in [0.29, 0.717) is 17.1 Å². The summed E-state index contributed by atoms with van der Waals surface area (Å²) in [6.45, 7) is 0. The SMILES string of the molecule is Cn1ncc(Cl)c1CC(C(=O)O)c1ccccc1Br. The average Bonchev–Trinajstić information content (AvgIpc) is 2.67. The monoisotopic (exact) mass is 342 g/mol. The van der Waals surface area contributed by atoms with E-state index in [1.807, 2.05) is 18.2 Å². The van der Waals surface area contributed by atoms with Gasteiger partial charge in [-0.25, -0.2) is 0 Å². The number of aromatic nitrogens is 2. The molecule has 1 N–H and O–H groups in total. The van der Waals surface area contributed by atoms with E-state index in [1.165, 1.54) is 6.20 Å². The first kappa shape index (κ1) is 14.1. The van der Waals surface area contributed by atoms with Crippen molar-refractivity contribution < 1.29 is 9.90 Å². The van der Waals surface area contributed by atoms with Gasteiger partial charge in [0, 0.05) is 17.9 Å². The average molecular weight is 344 g/mol. The lowest BCUT2D eigenvalue weighted by atomic mass is 9.94. The number of benzene rings is 1. The lowest BCUT2D eigenvalue weighted by molar-refractivity contribution is -0.138. The Labute approximate surface area is 124 Å². The van der Waals surface area contributed by atoms with Crippen molar-refractivity contribution in [1.29, 1.82) is 0 Å². The minimum absolute atomic E-state index is 0.299. The molecule has 2 rings (SSSR count). The van der Waals surface area contributed by atoms with Crippen molar-refractivity contribution >= 4 is 33.5 Å². The van der Waals surface area contributed by atoms with Gasteiger partial charge < -0.3 is 5.11 Å². The maximum atomic E-state index is 11.5. The van der Waals surface area contributed by atoms with Gasteiger partial charge in [0.25, 0.3) is 0 Å². The quantitative estimate of drug-likeness (QED) is 0.927. The molecule has 0 fully saturated rings. The topological polar surface area (TPSA) is 55.1 Å². The first-order valence-electron chi connectivity index (χ1n) is 5.64. The van der Waals surface area contributed by atoms with E-state index in [1.54, 1.807) is 17.8 Å². The second kappa shape index (κ2) is 5.75. The van der Waals surface area contributed by atoms with E-state index in [4.69, 9.17) is 11.6 Å². The van der Waals surface area contributed by atoms with Crippen molar-refractivity contribution in [3.05, 3.63) is 51.2 Å². The molecule has 0 bridgehead atoms. The Morgan fingerprint density at radius 2 is 2.21 bits per heavy atom. The third-order valence-corrected chi connectivity index (χ3v) is 4.02. The van der Waals surface area contributed by atoms with Gasteiger partial charge in [0.2, 0.25) is 0 Å². The molecule has 0 saturated heterocycles. The minimum atomic E-state index is -0.885. The zero-order chi connectivity index (χ0) is 14.0. The fourth-order valence-corrected chi connectivity index (χ4v) is 2.75. The lowest BCUT2D eigenvalue weighted by Crippen LogP contribution is -2.17. The summed E-state index contributed by atoms with van der Waals surface area (Å²) < 4.78 is 2.38. The fraction of sp³-hybridized carbons (Fsp3) is 0.231. The Kier molecular flexibility index (Phi) is 4.27. The standard InChI is InChI=1S/C13H12BrClN2O2/c1-17-12(11(15)7-16-17)6-9(13(18)19)8-4-2-3-5-10(8)14/h2-5,7,9H,6H2,1H3,(H,18,19). The third-order valence-electron chi connectivity index (χ3n) is 2.99. The number of hydrogen-bond donors (Lipinski definition) is 1.